The number of carbonyl (C=O) groups excluding carboxylic acids is 1. The second-order valence-electron chi connectivity index (χ2n) is 6.66. The van der Waals surface area contributed by atoms with E-state index in [0.29, 0.717) is 16.4 Å². The van der Waals surface area contributed by atoms with Crippen molar-refractivity contribution in [1.29, 1.82) is 0 Å². The van der Waals surface area contributed by atoms with Crippen molar-refractivity contribution < 1.29 is 13.2 Å². The number of nitrogens with one attached hydrogen (secondary N) is 2. The second-order valence-corrected chi connectivity index (χ2v) is 9.34. The maximum absolute atomic E-state index is 12.7. The van der Waals surface area contributed by atoms with Gasteiger partial charge in [-0.3, -0.25) is 9.52 Å². The Kier molecular flexibility index (Phi) is 5.23. The number of amides is 1. The van der Waals surface area contributed by atoms with E-state index in [2.05, 4.69) is 20.0 Å². The van der Waals surface area contributed by atoms with Crippen LogP contribution in [0.4, 0.5) is 10.9 Å². The fourth-order valence-electron chi connectivity index (χ4n) is 2.99. The summed E-state index contributed by atoms with van der Waals surface area (Å²) in [7, 11) is -3.75. The molecule has 0 aliphatic carbocycles. The molecule has 2 aromatic carbocycles. The molecule has 152 valence electrons. The molecule has 0 bridgehead atoms. The Morgan fingerprint density at radius 1 is 1.00 bits per heavy atom. The number of sulfonamides is 1. The van der Waals surface area contributed by atoms with E-state index in [4.69, 9.17) is 0 Å². The van der Waals surface area contributed by atoms with Gasteiger partial charge in [0.15, 0.2) is 5.13 Å². The summed E-state index contributed by atoms with van der Waals surface area (Å²) in [5, 5.41) is 3.21. The lowest BCUT2D eigenvalue weighted by molar-refractivity contribution is -0.114. The zero-order chi connectivity index (χ0) is 21.3. The van der Waals surface area contributed by atoms with Gasteiger partial charge in [-0.2, -0.15) is 0 Å². The predicted octanol–water partition coefficient (Wildman–Crippen LogP) is 4.43. The van der Waals surface area contributed by atoms with Crippen molar-refractivity contribution in [3.05, 3.63) is 66.2 Å². The van der Waals surface area contributed by atoms with E-state index < -0.39 is 10.0 Å². The highest BCUT2D eigenvalue weighted by Gasteiger charge is 2.17. The van der Waals surface area contributed by atoms with Crippen LogP contribution in [0.3, 0.4) is 0 Å². The van der Waals surface area contributed by atoms with Gasteiger partial charge >= 0.3 is 0 Å². The summed E-state index contributed by atoms with van der Waals surface area (Å²) in [6.07, 6.45) is 0. The largest absolute Gasteiger partial charge is 0.302 e. The minimum atomic E-state index is -3.75. The number of anilines is 2. The number of rotatable bonds is 5. The van der Waals surface area contributed by atoms with Gasteiger partial charge in [0.25, 0.3) is 10.0 Å². The first-order valence-corrected chi connectivity index (χ1v) is 11.4. The van der Waals surface area contributed by atoms with Crippen LogP contribution in [0.15, 0.2) is 65.6 Å². The molecule has 0 saturated heterocycles. The van der Waals surface area contributed by atoms with Crippen LogP contribution in [0.25, 0.3) is 21.5 Å². The van der Waals surface area contributed by atoms with E-state index in [0.717, 1.165) is 15.8 Å². The number of aromatic nitrogens is 2. The van der Waals surface area contributed by atoms with Crippen LogP contribution in [0, 0.1) is 6.92 Å². The van der Waals surface area contributed by atoms with E-state index >= 15 is 0 Å². The van der Waals surface area contributed by atoms with Crippen molar-refractivity contribution in [1.82, 2.24) is 9.97 Å². The van der Waals surface area contributed by atoms with Gasteiger partial charge < -0.3 is 5.32 Å². The summed E-state index contributed by atoms with van der Waals surface area (Å²) in [4.78, 5) is 20.3. The minimum absolute atomic E-state index is 0.176. The van der Waals surface area contributed by atoms with Crippen LogP contribution in [-0.2, 0) is 14.8 Å². The molecule has 1 amide bonds. The third-order valence-corrected chi connectivity index (χ3v) is 6.79. The highest BCUT2D eigenvalue weighted by atomic mass is 32.2. The van der Waals surface area contributed by atoms with Gasteiger partial charge in [0.05, 0.1) is 20.8 Å². The molecule has 0 radical (unpaired) electrons. The normalized spacial score (nSPS) is 11.4. The Labute approximate surface area is 177 Å². The van der Waals surface area contributed by atoms with Crippen LogP contribution in [0.1, 0.15) is 12.5 Å². The molecule has 0 spiro atoms. The van der Waals surface area contributed by atoms with Crippen LogP contribution in [0.5, 0.6) is 0 Å². The van der Waals surface area contributed by atoms with Crippen molar-refractivity contribution in [3.63, 3.8) is 0 Å². The molecule has 0 unspecified atom stereocenters. The van der Waals surface area contributed by atoms with E-state index in [1.807, 2.05) is 24.3 Å². The van der Waals surface area contributed by atoms with Gasteiger partial charge in [-0.05, 0) is 42.8 Å². The quantitative estimate of drug-likeness (QED) is 0.480. The van der Waals surface area contributed by atoms with Gasteiger partial charge in [-0.25, -0.2) is 18.4 Å². The smallest absolute Gasteiger partial charge is 0.263 e. The monoisotopic (exact) mass is 438 g/mol. The van der Waals surface area contributed by atoms with Gasteiger partial charge in [-0.1, -0.05) is 41.7 Å². The Hall–Kier alpha value is -3.30. The Balaban J connectivity index is 1.65. The van der Waals surface area contributed by atoms with Crippen molar-refractivity contribution in [2.24, 2.45) is 0 Å². The average Bonchev–Trinajstić information content (AvgIpc) is 3.08. The Morgan fingerprint density at radius 2 is 1.80 bits per heavy atom. The van der Waals surface area contributed by atoms with Gasteiger partial charge in [0.1, 0.15) is 5.82 Å². The number of thiazole rings is 1. The maximum atomic E-state index is 12.7. The summed E-state index contributed by atoms with van der Waals surface area (Å²) < 4.78 is 28.9. The summed E-state index contributed by atoms with van der Waals surface area (Å²) in [5.74, 6) is 0.0590. The molecule has 0 atom stereocenters. The molecule has 0 fully saturated rings. The number of carbonyl (C=O) groups is 1. The molecular weight excluding hydrogens is 420 g/mol. The molecular formula is C21H18N4O3S2. The number of aryl methyl sites for hydroxylation is 1. The van der Waals surface area contributed by atoms with Gasteiger partial charge in [0, 0.05) is 12.5 Å². The van der Waals surface area contributed by atoms with Crippen LogP contribution < -0.4 is 10.0 Å². The number of benzene rings is 2. The zero-order valence-corrected chi connectivity index (χ0v) is 17.8. The third-order valence-electron chi connectivity index (χ3n) is 4.34. The lowest BCUT2D eigenvalue weighted by atomic mass is 10.1. The van der Waals surface area contributed by atoms with Crippen LogP contribution in [0.2, 0.25) is 0 Å². The molecule has 0 aliphatic rings. The van der Waals surface area contributed by atoms with Crippen molar-refractivity contribution >= 4 is 48.4 Å². The summed E-state index contributed by atoms with van der Waals surface area (Å²) >= 11 is 1.37. The van der Waals surface area contributed by atoms with Crippen molar-refractivity contribution in [2.75, 3.05) is 10.0 Å². The molecule has 4 rings (SSSR count). The maximum Gasteiger partial charge on any atom is 0.263 e. The topological polar surface area (TPSA) is 101 Å². The molecule has 9 heteroatoms. The number of fused-ring (bicyclic) bond motifs is 1. The molecule has 0 saturated carbocycles. The van der Waals surface area contributed by atoms with Gasteiger partial charge in [-0.15, -0.1) is 0 Å². The summed E-state index contributed by atoms with van der Waals surface area (Å²) in [6, 6.07) is 17.6. The molecule has 4 aromatic rings. The van der Waals surface area contributed by atoms with E-state index in [1.54, 1.807) is 43.3 Å². The van der Waals surface area contributed by atoms with E-state index in [-0.39, 0.29) is 16.6 Å². The summed E-state index contributed by atoms with van der Waals surface area (Å²) in [5.41, 5.74) is 2.87. The molecule has 30 heavy (non-hydrogen) atoms. The lowest BCUT2D eigenvalue weighted by Crippen LogP contribution is -2.15. The molecule has 2 heterocycles. The first-order valence-electron chi connectivity index (χ1n) is 9.06. The van der Waals surface area contributed by atoms with Crippen molar-refractivity contribution in [2.45, 2.75) is 18.7 Å². The molecule has 2 aromatic heterocycles. The standard InChI is InChI=1S/C21H18N4O3S2/c1-13-6-3-4-8-19(13)30(27,28)25-20-9-5-7-16(23-20)15-10-11-17-18(12-15)29-21(24-17)22-14(2)26/h3-12H,1-2H3,(H,23,25)(H,22,24,26). The first kappa shape index (κ1) is 20.0. The highest BCUT2D eigenvalue weighted by Crippen LogP contribution is 2.30. The Morgan fingerprint density at radius 3 is 2.57 bits per heavy atom. The number of hydrogen-bond donors (Lipinski definition) is 2. The van der Waals surface area contributed by atoms with Crippen LogP contribution in [-0.4, -0.2) is 24.3 Å². The average molecular weight is 439 g/mol. The fraction of sp³-hybridized carbons (Fsp3) is 0.0952. The third kappa shape index (κ3) is 4.17. The minimum Gasteiger partial charge on any atom is -0.302 e. The zero-order valence-electron chi connectivity index (χ0n) is 16.2. The van der Waals surface area contributed by atoms with Crippen molar-refractivity contribution in [3.8, 4) is 11.3 Å². The SMILES string of the molecule is CC(=O)Nc1nc2ccc(-c3cccc(NS(=O)(=O)c4ccccc4C)n3)cc2s1. The molecule has 0 aliphatic heterocycles. The molecule has 2 N–H and O–H groups in total. The van der Waals surface area contributed by atoms with E-state index in [1.165, 1.54) is 18.3 Å². The number of pyridine rings is 1. The van der Waals surface area contributed by atoms with Crippen LogP contribution >= 0.6 is 11.3 Å². The highest BCUT2D eigenvalue weighted by molar-refractivity contribution is 7.92. The fourth-order valence-corrected chi connectivity index (χ4v) is 5.19. The number of nitrogens with zero attached hydrogens (tertiary/aromatic N) is 2. The lowest BCUT2D eigenvalue weighted by Gasteiger charge is -2.10. The van der Waals surface area contributed by atoms with Gasteiger partial charge in [0.2, 0.25) is 5.91 Å². The first-order chi connectivity index (χ1) is 14.3. The van der Waals surface area contributed by atoms with E-state index in [9.17, 15) is 13.2 Å². The predicted molar refractivity (Wildman–Crippen MR) is 119 cm³/mol. The second kappa shape index (κ2) is 7.85. The molecule has 7 nitrogen and oxygen atoms in total. The Bertz CT molecular complexity index is 1360. The summed E-state index contributed by atoms with van der Waals surface area (Å²) in [6.45, 7) is 3.18. The number of hydrogen-bond acceptors (Lipinski definition) is 6.